The van der Waals surface area contributed by atoms with Crippen molar-refractivity contribution in [2.75, 3.05) is 62.2 Å². The monoisotopic (exact) mass is 640 g/mol. The Labute approximate surface area is 280 Å². The van der Waals surface area contributed by atoms with E-state index in [-0.39, 0.29) is 17.8 Å². The van der Waals surface area contributed by atoms with E-state index in [0.717, 1.165) is 49.1 Å². The molecular weight excluding hydrogens is 592 g/mol. The number of likely N-dealkylation sites (N-methyl/N-ethyl adjacent to an activating group) is 2. The Balaban J connectivity index is 1.49. The van der Waals surface area contributed by atoms with E-state index < -0.39 is 0 Å². The number of hydrogen-bond acceptors (Lipinski definition) is 8. The van der Waals surface area contributed by atoms with Crippen LogP contribution < -0.4 is 14.2 Å². The third kappa shape index (κ3) is 8.49. The first kappa shape index (κ1) is 35.4. The molecule has 250 valence electrons. The normalized spacial score (nSPS) is 20.9. The van der Waals surface area contributed by atoms with Crippen molar-refractivity contribution in [3.8, 4) is 35.3 Å². The van der Waals surface area contributed by atoms with Gasteiger partial charge in [0.25, 0.3) is 5.95 Å². The van der Waals surface area contributed by atoms with Crippen LogP contribution in [0.25, 0.3) is 0 Å². The van der Waals surface area contributed by atoms with Gasteiger partial charge >= 0.3 is 0 Å². The highest BCUT2D eigenvalue weighted by molar-refractivity contribution is 5.60. The molecule has 0 bridgehead atoms. The molecule has 2 aromatic rings. The number of methoxy groups -OCH3 is 4. The second-order valence-corrected chi connectivity index (χ2v) is 11.8. The molecule has 1 fully saturated rings. The van der Waals surface area contributed by atoms with Crippen LogP contribution in [0, 0.1) is 12.3 Å². The number of aromatic hydroxyl groups is 1. The molecule has 2 aliphatic rings. The van der Waals surface area contributed by atoms with Gasteiger partial charge in [-0.1, -0.05) is 42.9 Å². The van der Waals surface area contributed by atoms with Crippen LogP contribution in [0.3, 0.4) is 0 Å². The van der Waals surface area contributed by atoms with E-state index in [1.807, 2.05) is 36.4 Å². The summed E-state index contributed by atoms with van der Waals surface area (Å²) < 4.78 is 27.9. The third-order valence-electron chi connectivity index (χ3n) is 9.00. The fourth-order valence-electron chi connectivity index (χ4n) is 6.34. The number of phenolic OH excluding ortho intramolecular Hbond substituents is 1. The average Bonchev–Trinajstić information content (AvgIpc) is 3.08. The van der Waals surface area contributed by atoms with Crippen LogP contribution in [0.15, 0.2) is 90.0 Å². The first-order chi connectivity index (χ1) is 22.8. The van der Waals surface area contributed by atoms with Crippen LogP contribution in [0.1, 0.15) is 35.6 Å². The lowest BCUT2D eigenvalue weighted by Gasteiger charge is -2.36. The van der Waals surface area contributed by atoms with Gasteiger partial charge in [-0.3, -0.25) is 9.80 Å². The van der Waals surface area contributed by atoms with Gasteiger partial charge in [-0.15, -0.1) is 6.42 Å². The van der Waals surface area contributed by atoms with E-state index in [1.54, 1.807) is 27.4 Å². The van der Waals surface area contributed by atoms with Crippen LogP contribution in [0.5, 0.6) is 23.0 Å². The van der Waals surface area contributed by atoms with Gasteiger partial charge in [0.1, 0.15) is 5.75 Å². The molecule has 8 nitrogen and oxygen atoms in total. The van der Waals surface area contributed by atoms with Crippen molar-refractivity contribution in [3.63, 3.8) is 0 Å². The van der Waals surface area contributed by atoms with E-state index >= 15 is 0 Å². The minimum absolute atomic E-state index is 0.0820. The highest BCUT2D eigenvalue weighted by Crippen LogP contribution is 2.48. The number of ether oxygens (including phenoxy) is 5. The van der Waals surface area contributed by atoms with Crippen molar-refractivity contribution < 1.29 is 28.8 Å². The first-order valence-electron chi connectivity index (χ1n) is 15.8. The summed E-state index contributed by atoms with van der Waals surface area (Å²) in [5.74, 6) is 4.74. The minimum Gasteiger partial charge on any atom is -0.504 e. The summed E-state index contributed by atoms with van der Waals surface area (Å²) in [5.41, 5.74) is 6.46. The molecule has 1 N–H and O–H groups in total. The van der Waals surface area contributed by atoms with Gasteiger partial charge in [-0.25, -0.2) is 0 Å². The Hall–Kier alpha value is -4.42. The predicted molar refractivity (Wildman–Crippen MR) is 187 cm³/mol. The second kappa shape index (κ2) is 16.9. The maximum atomic E-state index is 11.2. The number of terminal acetylenes is 1. The number of nitrogens with zero attached hydrogens (tertiary/aromatic N) is 2. The molecule has 1 saturated heterocycles. The lowest BCUT2D eigenvalue weighted by Crippen LogP contribution is -2.40. The largest absolute Gasteiger partial charge is 0.504 e. The Kier molecular flexibility index (Phi) is 12.8. The summed E-state index contributed by atoms with van der Waals surface area (Å²) in [7, 11) is 10.6. The molecule has 0 spiro atoms. The maximum Gasteiger partial charge on any atom is 0.284 e. The van der Waals surface area contributed by atoms with Gasteiger partial charge in [-0.05, 0) is 91.9 Å². The average molecular weight is 641 g/mol. The molecule has 2 atom stereocenters. The van der Waals surface area contributed by atoms with E-state index in [9.17, 15) is 5.11 Å². The van der Waals surface area contributed by atoms with Crippen LogP contribution >= 0.6 is 0 Å². The summed E-state index contributed by atoms with van der Waals surface area (Å²) in [6, 6.07) is 10.1. The van der Waals surface area contributed by atoms with Crippen molar-refractivity contribution in [2.24, 2.45) is 0 Å². The minimum atomic E-state index is -0.0820. The molecule has 2 aliphatic heterocycles. The Morgan fingerprint density at radius 3 is 2.38 bits per heavy atom. The van der Waals surface area contributed by atoms with E-state index in [1.165, 1.54) is 23.8 Å². The molecule has 2 aromatic carbocycles. The van der Waals surface area contributed by atoms with Gasteiger partial charge < -0.3 is 28.8 Å². The van der Waals surface area contributed by atoms with E-state index in [0.29, 0.717) is 36.2 Å². The molecule has 0 aliphatic carbocycles. The number of phenols is 1. The smallest absolute Gasteiger partial charge is 0.284 e. The van der Waals surface area contributed by atoms with Crippen molar-refractivity contribution in [2.45, 2.75) is 37.8 Å². The topological polar surface area (TPSA) is 72.9 Å². The van der Waals surface area contributed by atoms with Crippen LogP contribution in [0.2, 0.25) is 0 Å². The Morgan fingerprint density at radius 1 is 1.02 bits per heavy atom. The fraction of sp³-hybridized carbons (Fsp3) is 0.385. The molecule has 8 heteroatoms. The number of piperidine rings is 1. The zero-order valence-corrected chi connectivity index (χ0v) is 28.5. The molecule has 0 unspecified atom stereocenters. The van der Waals surface area contributed by atoms with Crippen molar-refractivity contribution in [1.82, 2.24) is 9.80 Å². The summed E-state index contributed by atoms with van der Waals surface area (Å²) >= 11 is 0. The fourth-order valence-corrected chi connectivity index (χ4v) is 6.34. The number of benzene rings is 2. The van der Waals surface area contributed by atoms with Gasteiger partial charge in [0.05, 0.1) is 27.9 Å². The van der Waals surface area contributed by atoms with Crippen LogP contribution in [-0.4, -0.2) is 83.2 Å². The van der Waals surface area contributed by atoms with Crippen LogP contribution in [0.4, 0.5) is 0 Å². The van der Waals surface area contributed by atoms with Gasteiger partial charge in [-0.2, -0.15) is 0 Å². The number of fused-ring (bicyclic) bond motifs is 1. The predicted octanol–water partition coefficient (Wildman–Crippen LogP) is 6.39. The number of likely N-dealkylation sites (tertiary alicyclic amines) is 1. The Bertz CT molecular complexity index is 1560. The molecule has 4 rings (SSSR count). The quantitative estimate of drug-likeness (QED) is 0.154. The summed E-state index contributed by atoms with van der Waals surface area (Å²) in [4.78, 5) is 4.59. The summed E-state index contributed by atoms with van der Waals surface area (Å²) in [5, 5.41) is 11.2. The zero-order chi connectivity index (χ0) is 33.9. The lowest BCUT2D eigenvalue weighted by atomic mass is 9.86. The van der Waals surface area contributed by atoms with Gasteiger partial charge in [0, 0.05) is 43.9 Å². The Morgan fingerprint density at radius 2 is 1.74 bits per heavy atom. The van der Waals surface area contributed by atoms with Crippen molar-refractivity contribution in [3.05, 3.63) is 107 Å². The molecule has 0 aromatic heterocycles. The number of hydrogen-bond donors (Lipinski definition) is 1. The second-order valence-electron chi connectivity index (χ2n) is 11.8. The highest BCUT2D eigenvalue weighted by atomic mass is 16.7. The van der Waals surface area contributed by atoms with Crippen molar-refractivity contribution in [1.29, 1.82) is 0 Å². The molecule has 0 radical (unpaired) electrons. The summed E-state index contributed by atoms with van der Waals surface area (Å²) in [6.45, 7) is 6.42. The molecular formula is C39H48N2O6. The van der Waals surface area contributed by atoms with Crippen LogP contribution in [-0.2, 0) is 22.3 Å². The maximum absolute atomic E-state index is 11.2. The van der Waals surface area contributed by atoms with Crippen molar-refractivity contribution >= 4 is 0 Å². The van der Waals surface area contributed by atoms with Gasteiger partial charge in [0.2, 0.25) is 5.75 Å². The zero-order valence-electron chi connectivity index (χ0n) is 28.5. The number of allylic oxidation sites excluding steroid dienone is 4. The van der Waals surface area contributed by atoms with Gasteiger partial charge in [0.15, 0.2) is 11.5 Å². The molecule has 47 heavy (non-hydrogen) atoms. The van der Waals surface area contributed by atoms with E-state index in [2.05, 4.69) is 54.6 Å². The number of rotatable bonds is 13. The summed E-state index contributed by atoms with van der Waals surface area (Å²) in [6.07, 6.45) is 18.5. The molecule has 0 amide bonds. The molecule has 0 saturated carbocycles. The standard InChI is InChI=1S/C39H48N2O6/c1-9-11-32-29(20-23-43-5)18-21-40(3)33(32)25-28-12-15-31(16-13-28)47-36(45-7)17-14-27(10-2)24-34-37-30(19-22-41(34)4)26-35(44-6)39(46-8)38(37)42/h1,10-17,20,26,33-34,42H,2,18-19,21-25H2,3-8H3/b27-14+,29-20-,32-11?,36-17-/t33-,34-/m0/s1. The SMILES string of the molecule is C#CC=C1/C(=C\COC)CCN(C)[C@H]1Cc1ccc(O/C(=C\C=C(/C=C)C[C@H]2c3c(cc(OC)c(OC)c3O)CCN2C)OC)cc1. The van der Waals surface area contributed by atoms with E-state index in [4.69, 9.17) is 30.1 Å². The molecule has 2 heterocycles. The first-order valence-corrected chi connectivity index (χ1v) is 15.8. The lowest BCUT2D eigenvalue weighted by molar-refractivity contribution is 0.151. The third-order valence-corrected chi connectivity index (χ3v) is 9.00. The highest BCUT2D eigenvalue weighted by Gasteiger charge is 2.32.